The van der Waals surface area contributed by atoms with Crippen LogP contribution in [-0.2, 0) is 4.74 Å². The van der Waals surface area contributed by atoms with Crippen LogP contribution in [0.15, 0.2) is 18.2 Å². The first-order chi connectivity index (χ1) is 10.1. The van der Waals surface area contributed by atoms with Crippen molar-refractivity contribution in [1.82, 2.24) is 15.0 Å². The molecule has 1 aromatic carbocycles. The zero-order chi connectivity index (χ0) is 15.0. The molecule has 1 N–H and O–H groups in total. The Balaban J connectivity index is 2.05. The number of methoxy groups -OCH3 is 1. The fourth-order valence-electron chi connectivity index (χ4n) is 2.42. The van der Waals surface area contributed by atoms with Crippen LogP contribution in [0.25, 0.3) is 0 Å². The van der Waals surface area contributed by atoms with Crippen molar-refractivity contribution < 1.29 is 18.3 Å². The molecule has 6 nitrogen and oxygen atoms in total. The van der Waals surface area contributed by atoms with Crippen molar-refractivity contribution in [2.45, 2.75) is 12.5 Å². The zero-order valence-corrected chi connectivity index (χ0v) is 11.1. The minimum Gasteiger partial charge on any atom is -0.464 e. The number of esters is 1. The number of hydrogen-bond acceptors (Lipinski definition) is 5. The molecule has 0 saturated heterocycles. The maximum absolute atomic E-state index is 13.9. The van der Waals surface area contributed by atoms with Crippen molar-refractivity contribution in [2.75, 3.05) is 19.0 Å². The average molecular weight is 294 g/mol. The minimum atomic E-state index is -0.650. The molecule has 21 heavy (non-hydrogen) atoms. The van der Waals surface area contributed by atoms with Crippen molar-refractivity contribution >= 4 is 11.8 Å². The summed E-state index contributed by atoms with van der Waals surface area (Å²) in [5.74, 6) is -1.53. The van der Waals surface area contributed by atoms with E-state index in [1.54, 1.807) is 0 Å². The summed E-state index contributed by atoms with van der Waals surface area (Å²) in [7, 11) is 1.24. The van der Waals surface area contributed by atoms with Crippen LogP contribution in [0, 0.1) is 11.6 Å². The third-order valence-electron chi connectivity index (χ3n) is 3.40. The van der Waals surface area contributed by atoms with Crippen LogP contribution in [0.5, 0.6) is 0 Å². The lowest BCUT2D eigenvalue weighted by molar-refractivity contribution is 0.0595. The number of anilines is 1. The van der Waals surface area contributed by atoms with E-state index in [-0.39, 0.29) is 5.69 Å². The second kappa shape index (κ2) is 5.12. The first-order valence-electron chi connectivity index (χ1n) is 6.34. The number of carbonyl (C=O) groups is 1. The second-order valence-electron chi connectivity index (χ2n) is 4.62. The highest BCUT2D eigenvalue weighted by atomic mass is 19.1. The Morgan fingerprint density at radius 2 is 2.29 bits per heavy atom. The lowest BCUT2D eigenvalue weighted by Gasteiger charge is -2.25. The largest absolute Gasteiger partial charge is 0.464 e. The molecule has 2 aromatic rings. The summed E-state index contributed by atoms with van der Waals surface area (Å²) in [6.07, 6.45) is 0.541. The molecule has 110 valence electrons. The Hall–Kier alpha value is -2.51. The van der Waals surface area contributed by atoms with Crippen molar-refractivity contribution in [1.29, 1.82) is 0 Å². The minimum absolute atomic E-state index is 0.0460. The Bertz CT molecular complexity index is 701. The molecule has 0 aliphatic carbocycles. The van der Waals surface area contributed by atoms with E-state index in [4.69, 9.17) is 0 Å². The zero-order valence-electron chi connectivity index (χ0n) is 11.1. The number of carbonyl (C=O) groups excluding carboxylic acids is 1. The van der Waals surface area contributed by atoms with E-state index in [2.05, 4.69) is 20.4 Å². The molecule has 0 saturated carbocycles. The first-order valence-corrected chi connectivity index (χ1v) is 6.34. The number of rotatable bonds is 2. The molecule has 0 bridgehead atoms. The molecule has 0 amide bonds. The Morgan fingerprint density at radius 3 is 3.00 bits per heavy atom. The molecule has 3 rings (SSSR count). The van der Waals surface area contributed by atoms with E-state index < -0.39 is 23.6 Å². The third-order valence-corrected chi connectivity index (χ3v) is 3.40. The van der Waals surface area contributed by atoms with Gasteiger partial charge in [0.1, 0.15) is 11.6 Å². The standard InChI is InChI=1S/C13H12F2N4O2/c1-21-13(20)11-12-16-5-4-10(19(12)18-17-11)8-3-2-7(14)6-9(8)15/h2-3,6,10,16H,4-5H2,1H3. The molecular weight excluding hydrogens is 282 g/mol. The molecule has 2 heterocycles. The van der Waals surface area contributed by atoms with Crippen molar-refractivity contribution in [2.24, 2.45) is 0 Å². The average Bonchev–Trinajstić information content (AvgIpc) is 2.90. The van der Waals surface area contributed by atoms with Gasteiger partial charge in [-0.3, -0.25) is 0 Å². The Morgan fingerprint density at radius 1 is 1.48 bits per heavy atom. The highest BCUT2D eigenvalue weighted by molar-refractivity contribution is 5.92. The van der Waals surface area contributed by atoms with E-state index in [1.165, 1.54) is 23.9 Å². The summed E-state index contributed by atoms with van der Waals surface area (Å²) >= 11 is 0. The molecule has 1 unspecified atom stereocenters. The van der Waals surface area contributed by atoms with Gasteiger partial charge >= 0.3 is 5.97 Å². The van der Waals surface area contributed by atoms with Crippen LogP contribution < -0.4 is 5.32 Å². The van der Waals surface area contributed by atoms with Crippen LogP contribution in [-0.4, -0.2) is 34.6 Å². The summed E-state index contributed by atoms with van der Waals surface area (Å²) in [4.78, 5) is 11.6. The summed E-state index contributed by atoms with van der Waals surface area (Å²) in [6.45, 7) is 0.513. The maximum Gasteiger partial charge on any atom is 0.362 e. The third kappa shape index (κ3) is 2.22. The smallest absolute Gasteiger partial charge is 0.362 e. The number of benzene rings is 1. The fourth-order valence-corrected chi connectivity index (χ4v) is 2.42. The van der Waals surface area contributed by atoms with Gasteiger partial charge in [-0.05, 0) is 12.5 Å². The van der Waals surface area contributed by atoms with E-state index in [1.807, 2.05) is 0 Å². The molecular formula is C13H12F2N4O2. The van der Waals surface area contributed by atoms with Gasteiger partial charge in [-0.15, -0.1) is 5.10 Å². The van der Waals surface area contributed by atoms with Crippen molar-refractivity contribution in [3.63, 3.8) is 0 Å². The van der Waals surface area contributed by atoms with E-state index >= 15 is 0 Å². The lowest BCUT2D eigenvalue weighted by atomic mass is 10.0. The van der Waals surface area contributed by atoms with Crippen molar-refractivity contribution in [3.8, 4) is 0 Å². The summed E-state index contributed by atoms with van der Waals surface area (Å²) in [6, 6.07) is 2.95. The van der Waals surface area contributed by atoms with Gasteiger partial charge in [0.25, 0.3) is 0 Å². The maximum atomic E-state index is 13.9. The first kappa shape index (κ1) is 13.5. The lowest BCUT2D eigenvalue weighted by Crippen LogP contribution is -2.26. The van der Waals surface area contributed by atoms with Crippen LogP contribution >= 0.6 is 0 Å². The van der Waals surface area contributed by atoms with Gasteiger partial charge in [-0.2, -0.15) is 0 Å². The van der Waals surface area contributed by atoms with Crippen LogP contribution in [0.1, 0.15) is 28.5 Å². The number of nitrogens with one attached hydrogen (secondary N) is 1. The monoisotopic (exact) mass is 294 g/mol. The fraction of sp³-hybridized carbons (Fsp3) is 0.308. The second-order valence-corrected chi connectivity index (χ2v) is 4.62. The molecule has 0 fully saturated rings. The van der Waals surface area contributed by atoms with Gasteiger partial charge < -0.3 is 10.1 Å². The van der Waals surface area contributed by atoms with Crippen LogP contribution in [0.4, 0.5) is 14.6 Å². The Kier molecular flexibility index (Phi) is 3.28. The van der Waals surface area contributed by atoms with Gasteiger partial charge in [0.15, 0.2) is 5.82 Å². The molecule has 1 aromatic heterocycles. The van der Waals surface area contributed by atoms with Crippen molar-refractivity contribution in [3.05, 3.63) is 41.1 Å². The van der Waals surface area contributed by atoms with Gasteiger partial charge in [0, 0.05) is 18.2 Å². The highest BCUT2D eigenvalue weighted by Gasteiger charge is 2.30. The topological polar surface area (TPSA) is 69.0 Å². The summed E-state index contributed by atoms with van der Waals surface area (Å²) in [5, 5.41) is 10.7. The van der Waals surface area contributed by atoms with Crippen LogP contribution in [0.3, 0.4) is 0 Å². The number of ether oxygens (including phenoxy) is 1. The van der Waals surface area contributed by atoms with Gasteiger partial charge in [0.2, 0.25) is 5.69 Å². The SMILES string of the molecule is COC(=O)c1nnn2c1NCCC2c1ccc(F)cc1F. The quantitative estimate of drug-likeness (QED) is 0.855. The van der Waals surface area contributed by atoms with E-state index in [0.717, 1.165) is 6.07 Å². The molecule has 0 radical (unpaired) electrons. The molecule has 1 atom stereocenters. The van der Waals surface area contributed by atoms with Gasteiger partial charge in [0.05, 0.1) is 13.2 Å². The molecule has 8 heteroatoms. The predicted molar refractivity (Wildman–Crippen MR) is 69.0 cm³/mol. The predicted octanol–water partition coefficient (Wildman–Crippen LogP) is 1.75. The number of hydrogen-bond donors (Lipinski definition) is 1. The van der Waals surface area contributed by atoms with Gasteiger partial charge in [-0.25, -0.2) is 18.3 Å². The van der Waals surface area contributed by atoms with E-state index in [9.17, 15) is 13.6 Å². The number of fused-ring (bicyclic) bond motifs is 1. The highest BCUT2D eigenvalue weighted by Crippen LogP contribution is 2.32. The summed E-state index contributed by atoms with van der Waals surface area (Å²) in [5.41, 5.74) is 0.352. The number of aromatic nitrogens is 3. The molecule has 1 aliphatic heterocycles. The van der Waals surface area contributed by atoms with E-state index in [0.29, 0.717) is 24.3 Å². The van der Waals surface area contributed by atoms with Crippen LogP contribution in [0.2, 0.25) is 0 Å². The molecule has 0 spiro atoms. The summed E-state index contributed by atoms with van der Waals surface area (Å²) < 4.78 is 33.0. The number of nitrogens with zero attached hydrogens (tertiary/aromatic N) is 3. The number of halogens is 2. The Labute approximate surface area is 118 Å². The van der Waals surface area contributed by atoms with Gasteiger partial charge in [-0.1, -0.05) is 11.3 Å². The molecule has 1 aliphatic rings. The normalized spacial score (nSPS) is 17.0.